The molecule has 0 saturated carbocycles. The fourth-order valence-electron chi connectivity index (χ4n) is 3.25. The van der Waals surface area contributed by atoms with E-state index in [1.165, 1.54) is 11.9 Å². The highest BCUT2D eigenvalue weighted by molar-refractivity contribution is 5.73. The van der Waals surface area contributed by atoms with E-state index in [0.29, 0.717) is 12.1 Å². The zero-order chi connectivity index (χ0) is 17.2. The Bertz CT molecular complexity index is 852. The lowest BCUT2D eigenvalue weighted by Crippen LogP contribution is -2.24. The molecule has 25 heavy (non-hydrogen) atoms. The number of imidazole rings is 1. The van der Waals surface area contributed by atoms with Crippen LogP contribution in [-0.4, -0.2) is 48.5 Å². The first-order chi connectivity index (χ1) is 12.3. The van der Waals surface area contributed by atoms with Crippen molar-refractivity contribution in [1.82, 2.24) is 19.5 Å². The average molecular weight is 340 g/mol. The highest BCUT2D eigenvalue weighted by Gasteiger charge is 2.35. The molecule has 1 aromatic carbocycles. The van der Waals surface area contributed by atoms with Gasteiger partial charge < -0.3 is 14.9 Å². The van der Waals surface area contributed by atoms with Gasteiger partial charge in [0.25, 0.3) is 0 Å². The van der Waals surface area contributed by atoms with E-state index < -0.39 is 12.2 Å². The van der Waals surface area contributed by atoms with Crippen LogP contribution < -0.4 is 0 Å². The molecule has 1 aliphatic heterocycles. The summed E-state index contributed by atoms with van der Waals surface area (Å²) in [4.78, 5) is 13.2. The molecule has 0 radical (unpaired) electrons. The standard InChI is InChI=1S/C18H20N4O3/c23-9-15-14(24)8-16(25-15)22-11-21-17-13(19-10-20-18(17)22)7-6-12-4-2-1-3-5-12/h1-5,10-11,14-16,23-24H,6-9H2/t14?,15-,16-/m1/s1. The van der Waals surface area contributed by atoms with Crippen LogP contribution in [0.15, 0.2) is 43.0 Å². The van der Waals surface area contributed by atoms with E-state index in [1.54, 1.807) is 6.33 Å². The molecule has 7 nitrogen and oxygen atoms in total. The average Bonchev–Trinajstić information content (AvgIpc) is 3.24. The molecule has 1 saturated heterocycles. The highest BCUT2D eigenvalue weighted by Crippen LogP contribution is 2.31. The summed E-state index contributed by atoms with van der Waals surface area (Å²) in [6.07, 6.45) is 3.62. The van der Waals surface area contributed by atoms with Crippen LogP contribution in [0.2, 0.25) is 0 Å². The summed E-state index contributed by atoms with van der Waals surface area (Å²) >= 11 is 0. The Morgan fingerprint density at radius 1 is 1.12 bits per heavy atom. The first-order valence-electron chi connectivity index (χ1n) is 8.41. The first-order valence-corrected chi connectivity index (χ1v) is 8.41. The van der Waals surface area contributed by atoms with Gasteiger partial charge in [-0.3, -0.25) is 4.57 Å². The smallest absolute Gasteiger partial charge is 0.165 e. The Kier molecular flexibility index (Phi) is 4.44. The van der Waals surface area contributed by atoms with E-state index in [9.17, 15) is 10.2 Å². The van der Waals surface area contributed by atoms with Crippen molar-refractivity contribution in [2.45, 2.75) is 37.7 Å². The summed E-state index contributed by atoms with van der Waals surface area (Å²) in [6, 6.07) is 10.3. The van der Waals surface area contributed by atoms with Gasteiger partial charge in [-0.1, -0.05) is 30.3 Å². The molecule has 3 atom stereocenters. The molecule has 1 unspecified atom stereocenters. The first kappa shape index (κ1) is 16.1. The molecule has 130 valence electrons. The van der Waals surface area contributed by atoms with Crippen molar-refractivity contribution in [2.24, 2.45) is 0 Å². The van der Waals surface area contributed by atoms with Gasteiger partial charge in [0.2, 0.25) is 0 Å². The van der Waals surface area contributed by atoms with E-state index in [0.717, 1.165) is 24.1 Å². The van der Waals surface area contributed by atoms with Crippen molar-refractivity contribution in [3.63, 3.8) is 0 Å². The Morgan fingerprint density at radius 2 is 1.96 bits per heavy atom. The van der Waals surface area contributed by atoms with Gasteiger partial charge in [0.05, 0.1) is 24.7 Å². The largest absolute Gasteiger partial charge is 0.394 e. The lowest BCUT2D eigenvalue weighted by Gasteiger charge is -2.13. The van der Waals surface area contributed by atoms with Crippen molar-refractivity contribution in [2.75, 3.05) is 6.61 Å². The molecule has 2 aromatic heterocycles. The van der Waals surface area contributed by atoms with Gasteiger partial charge in [-0.2, -0.15) is 0 Å². The number of fused-ring (bicyclic) bond motifs is 1. The molecular weight excluding hydrogens is 320 g/mol. The van der Waals surface area contributed by atoms with Crippen LogP contribution >= 0.6 is 0 Å². The molecule has 1 aliphatic rings. The zero-order valence-corrected chi connectivity index (χ0v) is 13.7. The van der Waals surface area contributed by atoms with Crippen molar-refractivity contribution in [3.05, 3.63) is 54.2 Å². The molecule has 4 rings (SSSR count). The van der Waals surface area contributed by atoms with Crippen LogP contribution in [-0.2, 0) is 17.6 Å². The Balaban J connectivity index is 1.58. The van der Waals surface area contributed by atoms with Crippen LogP contribution in [0.1, 0.15) is 23.9 Å². The quantitative estimate of drug-likeness (QED) is 0.726. The molecule has 3 aromatic rings. The Labute approximate surface area is 144 Å². The van der Waals surface area contributed by atoms with Crippen molar-refractivity contribution in [3.8, 4) is 0 Å². The number of aromatic nitrogens is 4. The molecular formula is C18H20N4O3. The van der Waals surface area contributed by atoms with Crippen molar-refractivity contribution in [1.29, 1.82) is 0 Å². The minimum atomic E-state index is -0.688. The van der Waals surface area contributed by atoms with Gasteiger partial charge >= 0.3 is 0 Å². The highest BCUT2D eigenvalue weighted by atomic mass is 16.5. The van der Waals surface area contributed by atoms with E-state index >= 15 is 0 Å². The van der Waals surface area contributed by atoms with E-state index in [4.69, 9.17) is 4.74 Å². The topological polar surface area (TPSA) is 93.3 Å². The van der Waals surface area contributed by atoms with Gasteiger partial charge in [0.15, 0.2) is 5.65 Å². The Morgan fingerprint density at radius 3 is 2.72 bits per heavy atom. The molecule has 7 heteroatoms. The molecule has 3 heterocycles. The van der Waals surface area contributed by atoms with Gasteiger partial charge in [0.1, 0.15) is 24.2 Å². The second kappa shape index (κ2) is 6.87. The third-order valence-electron chi connectivity index (χ3n) is 4.62. The maximum absolute atomic E-state index is 9.94. The number of ether oxygens (including phenoxy) is 1. The third-order valence-corrected chi connectivity index (χ3v) is 4.62. The van der Waals surface area contributed by atoms with Crippen LogP contribution in [0.4, 0.5) is 0 Å². The SMILES string of the molecule is OC[C@H]1O[C@@H](n2cnc3c(CCc4ccccc4)ncnc32)CC1O. The number of aliphatic hydroxyl groups is 2. The molecule has 0 spiro atoms. The van der Waals surface area contributed by atoms with Crippen LogP contribution in [0, 0.1) is 0 Å². The Hall–Kier alpha value is -2.35. The normalized spacial score (nSPS) is 23.4. The number of hydrogen-bond acceptors (Lipinski definition) is 6. The second-order valence-corrected chi connectivity index (χ2v) is 6.24. The number of hydrogen-bond donors (Lipinski definition) is 2. The van der Waals surface area contributed by atoms with Crippen LogP contribution in [0.5, 0.6) is 0 Å². The van der Waals surface area contributed by atoms with Crippen molar-refractivity contribution >= 4 is 11.2 Å². The lowest BCUT2D eigenvalue weighted by molar-refractivity contribution is -0.0432. The monoisotopic (exact) mass is 340 g/mol. The number of nitrogens with zero attached hydrogens (tertiary/aromatic N) is 4. The summed E-state index contributed by atoms with van der Waals surface area (Å²) in [5.74, 6) is 0. The number of aryl methyl sites for hydroxylation is 2. The number of aliphatic hydroxyl groups excluding tert-OH is 2. The summed E-state index contributed by atoms with van der Waals surface area (Å²) in [5.41, 5.74) is 3.59. The molecule has 0 amide bonds. The van der Waals surface area contributed by atoms with E-state index in [2.05, 4.69) is 27.1 Å². The van der Waals surface area contributed by atoms with Gasteiger partial charge in [-0.15, -0.1) is 0 Å². The predicted octanol–water partition coefficient (Wildman–Crippen LogP) is 1.25. The second-order valence-electron chi connectivity index (χ2n) is 6.24. The minimum Gasteiger partial charge on any atom is -0.394 e. The minimum absolute atomic E-state index is 0.207. The maximum atomic E-state index is 9.94. The van der Waals surface area contributed by atoms with E-state index in [1.807, 2.05) is 22.8 Å². The molecule has 1 fully saturated rings. The number of rotatable bonds is 5. The van der Waals surface area contributed by atoms with Gasteiger partial charge in [-0.25, -0.2) is 15.0 Å². The summed E-state index contributed by atoms with van der Waals surface area (Å²) in [7, 11) is 0. The van der Waals surface area contributed by atoms with Gasteiger partial charge in [0, 0.05) is 6.42 Å². The molecule has 0 bridgehead atoms. The third kappa shape index (κ3) is 3.13. The maximum Gasteiger partial charge on any atom is 0.165 e. The van der Waals surface area contributed by atoms with Crippen LogP contribution in [0.3, 0.4) is 0 Å². The van der Waals surface area contributed by atoms with E-state index in [-0.39, 0.29) is 12.8 Å². The molecule has 0 aliphatic carbocycles. The molecule has 2 N–H and O–H groups in total. The zero-order valence-electron chi connectivity index (χ0n) is 13.7. The summed E-state index contributed by atoms with van der Waals surface area (Å²) < 4.78 is 7.51. The van der Waals surface area contributed by atoms with Gasteiger partial charge in [-0.05, 0) is 18.4 Å². The summed E-state index contributed by atoms with van der Waals surface area (Å²) in [5, 5.41) is 19.2. The fourth-order valence-corrected chi connectivity index (χ4v) is 3.25. The number of benzene rings is 1. The van der Waals surface area contributed by atoms with Crippen LogP contribution in [0.25, 0.3) is 11.2 Å². The van der Waals surface area contributed by atoms with Crippen molar-refractivity contribution < 1.29 is 14.9 Å². The fraction of sp³-hybridized carbons (Fsp3) is 0.389. The summed E-state index contributed by atoms with van der Waals surface area (Å²) in [6.45, 7) is -0.207. The lowest BCUT2D eigenvalue weighted by atomic mass is 10.1. The predicted molar refractivity (Wildman–Crippen MR) is 90.8 cm³/mol.